The minimum atomic E-state index is -1.55. The maximum absolute atomic E-state index is 14.3. The zero-order valence-electron chi connectivity index (χ0n) is 26.8. The van der Waals surface area contributed by atoms with Crippen LogP contribution in [0.25, 0.3) is 11.0 Å². The number of carbonyl (C=O) groups excluding carboxylic acids is 4. The van der Waals surface area contributed by atoms with Gasteiger partial charge >= 0.3 is 29.5 Å². The van der Waals surface area contributed by atoms with Crippen LogP contribution in [0, 0.1) is 21.7 Å². The molecular formula is C34H38O11. The van der Waals surface area contributed by atoms with Crippen LogP contribution in [-0.4, -0.2) is 46.8 Å². The summed E-state index contributed by atoms with van der Waals surface area (Å²) in [6, 6.07) is 5.98. The summed E-state index contributed by atoms with van der Waals surface area (Å²) in [6.07, 6.45) is -0.968. The van der Waals surface area contributed by atoms with Crippen LogP contribution in [-0.2, 0) is 38.1 Å². The van der Waals surface area contributed by atoms with Crippen molar-refractivity contribution >= 4 is 34.8 Å². The molecule has 2 aromatic rings. The molecule has 2 aliphatic carbocycles. The van der Waals surface area contributed by atoms with E-state index in [9.17, 15) is 24.0 Å². The van der Waals surface area contributed by atoms with Crippen molar-refractivity contribution < 1.29 is 47.3 Å². The van der Waals surface area contributed by atoms with Gasteiger partial charge in [-0.25, -0.2) is 14.4 Å². The highest BCUT2D eigenvalue weighted by molar-refractivity contribution is 5.95. The normalized spacial score (nSPS) is 37.9. The summed E-state index contributed by atoms with van der Waals surface area (Å²) in [7, 11) is 0. The molecule has 4 bridgehead atoms. The van der Waals surface area contributed by atoms with Gasteiger partial charge < -0.3 is 28.1 Å². The second kappa shape index (κ2) is 8.47. The van der Waals surface area contributed by atoms with Crippen molar-refractivity contribution in [2.75, 3.05) is 0 Å². The van der Waals surface area contributed by atoms with Crippen LogP contribution in [0.1, 0.15) is 92.7 Å². The lowest BCUT2D eigenvalue weighted by molar-refractivity contribution is -0.217. The molecule has 4 heterocycles. The molecule has 0 amide bonds. The van der Waals surface area contributed by atoms with Gasteiger partial charge in [-0.3, -0.25) is 9.59 Å². The van der Waals surface area contributed by atoms with E-state index in [0.717, 1.165) is 0 Å². The lowest BCUT2D eigenvalue weighted by Gasteiger charge is -2.46. The summed E-state index contributed by atoms with van der Waals surface area (Å²) in [6.45, 7) is 14.3. The van der Waals surface area contributed by atoms with Gasteiger partial charge in [0, 0.05) is 22.5 Å². The number of benzene rings is 1. The Morgan fingerprint density at radius 3 is 1.71 bits per heavy atom. The summed E-state index contributed by atoms with van der Waals surface area (Å²) in [5.74, 6) is -2.12. The van der Waals surface area contributed by atoms with Crippen LogP contribution in [0.15, 0.2) is 33.5 Å². The fourth-order valence-corrected chi connectivity index (χ4v) is 8.48. The molecule has 11 nitrogen and oxygen atoms in total. The fourth-order valence-electron chi connectivity index (χ4n) is 8.48. The maximum atomic E-state index is 14.3. The highest BCUT2D eigenvalue weighted by Gasteiger charge is 2.78. The summed E-state index contributed by atoms with van der Waals surface area (Å²) >= 11 is 0. The Hall–Kier alpha value is -3.89. The van der Waals surface area contributed by atoms with Crippen molar-refractivity contribution in [3.63, 3.8) is 0 Å². The van der Waals surface area contributed by atoms with Gasteiger partial charge in [0.05, 0.1) is 16.2 Å². The van der Waals surface area contributed by atoms with E-state index < -0.39 is 80.2 Å². The Balaban J connectivity index is 1.33. The molecule has 3 aliphatic heterocycles. The number of rotatable bonds is 4. The minimum Gasteiger partial charge on any atom is -0.483 e. The van der Waals surface area contributed by atoms with E-state index in [-0.39, 0.29) is 18.4 Å². The maximum Gasteiger partial charge on any atom is 0.351 e. The quantitative estimate of drug-likeness (QED) is 0.266. The molecular weight excluding hydrogens is 584 g/mol. The Morgan fingerprint density at radius 1 is 0.689 bits per heavy atom. The number of ether oxygens (including phenoxy) is 5. The summed E-state index contributed by atoms with van der Waals surface area (Å²) < 4.78 is 36.1. The Bertz CT molecular complexity index is 1780. The van der Waals surface area contributed by atoms with Gasteiger partial charge in [-0.05, 0) is 71.6 Å². The summed E-state index contributed by atoms with van der Waals surface area (Å²) in [5.41, 5.74) is -7.78. The van der Waals surface area contributed by atoms with E-state index in [1.54, 1.807) is 45.9 Å². The molecule has 1 aromatic carbocycles. The largest absolute Gasteiger partial charge is 0.483 e. The van der Waals surface area contributed by atoms with Gasteiger partial charge in [-0.2, -0.15) is 0 Å². The smallest absolute Gasteiger partial charge is 0.351 e. The van der Waals surface area contributed by atoms with Crippen LogP contribution in [0.5, 0.6) is 5.75 Å². The molecule has 7 rings (SSSR count). The Labute approximate surface area is 259 Å². The predicted octanol–water partition coefficient (Wildman–Crippen LogP) is 4.70. The molecule has 45 heavy (non-hydrogen) atoms. The van der Waals surface area contributed by atoms with Crippen molar-refractivity contribution in [1.82, 2.24) is 0 Å². The third kappa shape index (κ3) is 3.29. The van der Waals surface area contributed by atoms with Gasteiger partial charge in [0.2, 0.25) is 11.2 Å². The van der Waals surface area contributed by atoms with Crippen LogP contribution in [0.4, 0.5) is 0 Å². The van der Waals surface area contributed by atoms with E-state index in [0.29, 0.717) is 29.5 Å². The average Bonchev–Trinajstić information content (AvgIpc) is 3.42. The van der Waals surface area contributed by atoms with Crippen molar-refractivity contribution in [2.45, 2.75) is 110 Å². The highest BCUT2D eigenvalue weighted by Crippen LogP contribution is 2.67. The number of hydrogen-bond donors (Lipinski definition) is 0. The first-order valence-electron chi connectivity index (χ1n) is 15.4. The van der Waals surface area contributed by atoms with Crippen LogP contribution in [0.2, 0.25) is 0 Å². The second-order valence-corrected chi connectivity index (χ2v) is 15.4. The van der Waals surface area contributed by atoms with Crippen molar-refractivity contribution in [3.8, 4) is 5.75 Å². The van der Waals surface area contributed by atoms with Gasteiger partial charge in [0.1, 0.15) is 16.9 Å². The van der Waals surface area contributed by atoms with Crippen LogP contribution >= 0.6 is 0 Å². The van der Waals surface area contributed by atoms with E-state index in [1.165, 1.54) is 6.07 Å². The molecule has 11 heteroatoms. The predicted molar refractivity (Wildman–Crippen MR) is 156 cm³/mol. The summed E-state index contributed by atoms with van der Waals surface area (Å²) in [5, 5.41) is 0.459. The first kappa shape index (κ1) is 29.8. The molecule has 4 unspecified atom stereocenters. The Kier molecular flexibility index (Phi) is 5.61. The van der Waals surface area contributed by atoms with Crippen LogP contribution in [0.3, 0.4) is 0 Å². The van der Waals surface area contributed by atoms with Gasteiger partial charge in [-0.15, -0.1) is 0 Å². The molecule has 240 valence electrons. The van der Waals surface area contributed by atoms with Crippen molar-refractivity contribution in [3.05, 3.63) is 40.2 Å². The zero-order valence-corrected chi connectivity index (χ0v) is 26.8. The molecule has 5 aliphatic rings. The lowest BCUT2D eigenvalue weighted by atomic mass is 9.66. The number of hydrogen-bond acceptors (Lipinski definition) is 11. The molecule has 2 saturated carbocycles. The third-order valence-corrected chi connectivity index (χ3v) is 12.7. The molecule has 0 radical (unpaired) electrons. The number of fused-ring (bicyclic) bond motifs is 7. The van der Waals surface area contributed by atoms with Crippen molar-refractivity contribution in [2.24, 2.45) is 21.7 Å². The second-order valence-electron chi connectivity index (χ2n) is 15.4. The first-order valence-corrected chi connectivity index (χ1v) is 15.4. The fraction of sp³-hybridized carbons (Fsp3) is 0.618. The van der Waals surface area contributed by atoms with E-state index in [2.05, 4.69) is 0 Å². The van der Waals surface area contributed by atoms with E-state index in [1.807, 2.05) is 27.7 Å². The molecule has 1 aromatic heterocycles. The molecule has 2 saturated heterocycles. The van der Waals surface area contributed by atoms with Gasteiger partial charge in [0.25, 0.3) is 0 Å². The molecule has 4 fully saturated rings. The minimum absolute atomic E-state index is 0.261. The molecule has 6 atom stereocenters. The highest BCUT2D eigenvalue weighted by atomic mass is 16.7. The van der Waals surface area contributed by atoms with Crippen LogP contribution < -0.4 is 10.4 Å². The first-order chi connectivity index (χ1) is 20.8. The topological polar surface area (TPSA) is 145 Å². The van der Waals surface area contributed by atoms with Gasteiger partial charge in [0.15, 0.2) is 12.2 Å². The number of carbonyl (C=O) groups is 4. The SMILES string of the molecule is CC1(C)Oc2c(ccc3oc(=O)ccc23)[C@H](OC(=O)C23CCC(C)(C(=O)O2)C3(C)C)[C@@H]1OC(=O)C12CCC(C)(C(=O)O1)C2(C)C. The van der Waals surface area contributed by atoms with Crippen molar-refractivity contribution in [1.29, 1.82) is 0 Å². The lowest BCUT2D eigenvalue weighted by Crippen LogP contribution is -2.57. The Morgan fingerprint density at radius 2 is 1.22 bits per heavy atom. The van der Waals surface area contributed by atoms with E-state index >= 15 is 0 Å². The summed E-state index contributed by atoms with van der Waals surface area (Å²) in [4.78, 5) is 66.5. The third-order valence-electron chi connectivity index (χ3n) is 12.7. The van der Waals surface area contributed by atoms with E-state index in [4.69, 9.17) is 28.1 Å². The molecule has 0 spiro atoms. The standard InChI is InChI=1S/C34H38O11/c1-28(2)23(42-27(39)34-16-14-32(8,25(37)45-34)30(34,5)6)22(18-9-11-19-17(21(18)43-28)10-12-20(35)40-19)41-26(38)33-15-13-31(7,24(36)44-33)29(33,3)4/h9-12,22-23H,13-16H2,1-8H3/t22-,23-,31?,32?,33?,34?/m0/s1. The monoisotopic (exact) mass is 622 g/mol. The average molecular weight is 623 g/mol. The van der Waals surface area contributed by atoms with Gasteiger partial charge in [-0.1, -0.05) is 27.7 Å². The zero-order chi connectivity index (χ0) is 32.8. The number of esters is 4. The molecule has 0 N–H and O–H groups in total.